The Morgan fingerprint density at radius 3 is 2.75 bits per heavy atom. The first kappa shape index (κ1) is 8.17. The van der Waals surface area contributed by atoms with Crippen LogP contribution in [0, 0.1) is 0 Å². The molecular weight excluding hydrogens is 194 g/mol. The molecule has 0 spiro atoms. The van der Waals surface area contributed by atoms with E-state index in [1.807, 2.05) is 0 Å². The Kier molecular flexibility index (Phi) is 1.41. The molecule has 1 heteroatoms. The van der Waals surface area contributed by atoms with Crippen molar-refractivity contribution in [2.75, 3.05) is 0 Å². The fourth-order valence-corrected chi connectivity index (χ4v) is 2.48. The first-order valence-electron chi connectivity index (χ1n) is 5.61. The maximum atomic E-state index is 3.49. The van der Waals surface area contributed by atoms with Gasteiger partial charge in [0.15, 0.2) is 0 Å². The number of nitrogens with one attached hydrogen (secondary N) is 1. The molecule has 0 unspecified atom stereocenters. The average Bonchev–Trinajstić information content (AvgIpc) is 2.96. The lowest BCUT2D eigenvalue weighted by molar-refractivity contribution is 1.42. The smallest absolute Gasteiger partial charge is 0.0467 e. The normalized spacial score (nSPS) is 21.8. The molecule has 0 bridgehead atoms. The SMILES string of the molecule is C1=C\C=C/c2c([nH]c3ccc4c(c23)C4)\C=C/1. The predicted molar refractivity (Wildman–Crippen MR) is 68.3 cm³/mol. The Balaban J connectivity index is 2.13. The second kappa shape index (κ2) is 2.76. The van der Waals surface area contributed by atoms with Gasteiger partial charge in [-0.15, -0.1) is 0 Å². The zero-order valence-electron chi connectivity index (χ0n) is 8.83. The molecule has 2 aliphatic rings. The van der Waals surface area contributed by atoms with Gasteiger partial charge in [0.25, 0.3) is 0 Å². The second-order valence-corrected chi connectivity index (χ2v) is 4.36. The lowest BCUT2D eigenvalue weighted by Gasteiger charge is -1.94. The highest BCUT2D eigenvalue weighted by atomic mass is 14.7. The fraction of sp³-hybridized carbons (Fsp3) is 0.0667. The maximum absolute atomic E-state index is 3.49. The summed E-state index contributed by atoms with van der Waals surface area (Å²) in [5.74, 6) is 0. The van der Waals surface area contributed by atoms with Gasteiger partial charge in [-0.3, -0.25) is 0 Å². The molecule has 76 valence electrons. The number of allylic oxidation sites excluding steroid dienone is 4. The Morgan fingerprint density at radius 2 is 1.81 bits per heavy atom. The molecule has 0 amide bonds. The van der Waals surface area contributed by atoms with Crippen molar-refractivity contribution >= 4 is 23.1 Å². The third-order valence-electron chi connectivity index (χ3n) is 3.34. The second-order valence-electron chi connectivity index (χ2n) is 4.36. The molecule has 0 fully saturated rings. The van der Waals surface area contributed by atoms with Gasteiger partial charge < -0.3 is 4.98 Å². The molecule has 2 aromatic rings. The van der Waals surface area contributed by atoms with Crippen LogP contribution >= 0.6 is 0 Å². The first-order chi connectivity index (χ1) is 7.93. The summed E-state index contributed by atoms with van der Waals surface area (Å²) in [5.41, 5.74) is 6.85. The van der Waals surface area contributed by atoms with E-state index in [1.165, 1.54) is 39.7 Å². The van der Waals surface area contributed by atoms with Crippen molar-refractivity contribution in [1.82, 2.24) is 4.98 Å². The summed E-state index contributed by atoms with van der Waals surface area (Å²) in [5, 5.41) is 1.42. The van der Waals surface area contributed by atoms with Gasteiger partial charge >= 0.3 is 0 Å². The molecule has 4 rings (SSSR count). The highest BCUT2D eigenvalue weighted by Gasteiger charge is 2.23. The van der Waals surface area contributed by atoms with Crippen molar-refractivity contribution < 1.29 is 0 Å². The van der Waals surface area contributed by atoms with Gasteiger partial charge in [0.05, 0.1) is 0 Å². The predicted octanol–water partition coefficient (Wildman–Crippen LogP) is 3.67. The Labute approximate surface area is 93.8 Å². The highest BCUT2D eigenvalue weighted by Crippen LogP contribution is 2.39. The quantitative estimate of drug-likeness (QED) is 0.576. The Bertz CT molecular complexity index is 681. The van der Waals surface area contributed by atoms with E-state index in [4.69, 9.17) is 0 Å². The van der Waals surface area contributed by atoms with Crippen LogP contribution in [0.5, 0.6) is 0 Å². The number of aromatic nitrogens is 1. The molecule has 2 aliphatic carbocycles. The van der Waals surface area contributed by atoms with Crippen LogP contribution in [0.15, 0.2) is 36.4 Å². The summed E-state index contributed by atoms with van der Waals surface area (Å²) in [6.45, 7) is 0. The lowest BCUT2D eigenvalue weighted by atomic mass is 10.1. The summed E-state index contributed by atoms with van der Waals surface area (Å²) >= 11 is 0. The van der Waals surface area contributed by atoms with Gasteiger partial charge in [0.2, 0.25) is 0 Å². The number of benzene rings is 1. The minimum atomic E-state index is 1.17. The molecule has 16 heavy (non-hydrogen) atoms. The molecule has 1 N–H and O–H groups in total. The van der Waals surface area contributed by atoms with Crippen molar-refractivity contribution in [3.8, 4) is 0 Å². The summed E-state index contributed by atoms with van der Waals surface area (Å²) in [6.07, 6.45) is 13.8. The van der Waals surface area contributed by atoms with Crippen molar-refractivity contribution in [2.24, 2.45) is 0 Å². The third kappa shape index (κ3) is 1.00. The summed E-state index contributed by atoms with van der Waals surface area (Å²) in [7, 11) is 0. The zero-order chi connectivity index (χ0) is 10.5. The van der Waals surface area contributed by atoms with Crippen LogP contribution in [-0.4, -0.2) is 4.98 Å². The van der Waals surface area contributed by atoms with E-state index >= 15 is 0 Å². The summed E-state index contributed by atoms with van der Waals surface area (Å²) in [6, 6.07) is 4.42. The number of hydrogen-bond donors (Lipinski definition) is 1. The van der Waals surface area contributed by atoms with Crippen molar-refractivity contribution in [3.05, 3.63) is 58.8 Å². The van der Waals surface area contributed by atoms with Gasteiger partial charge in [0, 0.05) is 22.2 Å². The minimum Gasteiger partial charge on any atom is -0.355 e. The standard InChI is InChI=1S/C15H11N/c1-2-4-6-13-11(5-3-1)15-12-9-10(12)7-8-14(15)16-13/h1-8,16H,9H2/b2-1-,3-1?,4-2?,5-3-,6-4-,11-5?,13-6?. The van der Waals surface area contributed by atoms with Crippen LogP contribution in [-0.2, 0) is 6.42 Å². The largest absolute Gasteiger partial charge is 0.355 e. The van der Waals surface area contributed by atoms with Crippen LogP contribution in [0.3, 0.4) is 0 Å². The number of fused-ring (bicyclic) bond motifs is 5. The van der Waals surface area contributed by atoms with Gasteiger partial charge in [-0.2, -0.15) is 0 Å². The number of rotatable bonds is 0. The van der Waals surface area contributed by atoms with Crippen molar-refractivity contribution in [2.45, 2.75) is 6.42 Å². The van der Waals surface area contributed by atoms with E-state index in [-0.39, 0.29) is 0 Å². The monoisotopic (exact) mass is 205 g/mol. The van der Waals surface area contributed by atoms with E-state index < -0.39 is 0 Å². The fourth-order valence-electron chi connectivity index (χ4n) is 2.48. The third-order valence-corrected chi connectivity index (χ3v) is 3.34. The topological polar surface area (TPSA) is 15.8 Å². The summed E-state index contributed by atoms with van der Waals surface area (Å²) in [4.78, 5) is 3.49. The van der Waals surface area contributed by atoms with Crippen LogP contribution in [0.2, 0.25) is 0 Å². The van der Waals surface area contributed by atoms with Crippen LogP contribution in [0.25, 0.3) is 23.1 Å². The van der Waals surface area contributed by atoms with E-state index in [1.54, 1.807) is 0 Å². The van der Waals surface area contributed by atoms with Crippen molar-refractivity contribution in [1.29, 1.82) is 0 Å². The Hall–Kier alpha value is -2.02. The molecular formula is C15H11N. The van der Waals surface area contributed by atoms with E-state index in [0.29, 0.717) is 0 Å². The number of H-pyrrole nitrogens is 1. The van der Waals surface area contributed by atoms with E-state index in [2.05, 4.69) is 53.6 Å². The lowest BCUT2D eigenvalue weighted by Crippen LogP contribution is -1.76. The van der Waals surface area contributed by atoms with Gasteiger partial charge in [-0.25, -0.2) is 0 Å². The molecule has 1 heterocycles. The first-order valence-corrected chi connectivity index (χ1v) is 5.61. The van der Waals surface area contributed by atoms with Crippen LogP contribution in [0.4, 0.5) is 0 Å². The Morgan fingerprint density at radius 1 is 0.938 bits per heavy atom. The molecule has 0 aliphatic heterocycles. The van der Waals surface area contributed by atoms with E-state index in [0.717, 1.165) is 0 Å². The van der Waals surface area contributed by atoms with Gasteiger partial charge in [-0.1, -0.05) is 36.4 Å². The average molecular weight is 205 g/mol. The molecule has 1 aromatic carbocycles. The van der Waals surface area contributed by atoms with Crippen LogP contribution in [0.1, 0.15) is 22.4 Å². The molecule has 0 radical (unpaired) electrons. The molecule has 0 atom stereocenters. The van der Waals surface area contributed by atoms with E-state index in [9.17, 15) is 0 Å². The van der Waals surface area contributed by atoms with Crippen LogP contribution < -0.4 is 0 Å². The van der Waals surface area contributed by atoms with Crippen molar-refractivity contribution in [3.63, 3.8) is 0 Å². The maximum Gasteiger partial charge on any atom is 0.0467 e. The molecule has 1 aromatic heterocycles. The van der Waals surface area contributed by atoms with Gasteiger partial charge in [-0.05, 0) is 29.7 Å². The minimum absolute atomic E-state index is 1.17. The van der Waals surface area contributed by atoms with Gasteiger partial charge in [0.1, 0.15) is 0 Å². The molecule has 0 saturated carbocycles. The highest BCUT2D eigenvalue weighted by molar-refractivity contribution is 5.99. The molecule has 1 nitrogen and oxygen atoms in total. The zero-order valence-corrected chi connectivity index (χ0v) is 8.83. The molecule has 0 saturated heterocycles. The summed E-state index contributed by atoms with van der Waals surface area (Å²) < 4.78 is 0. The number of hydrogen-bond acceptors (Lipinski definition) is 0. The number of aromatic amines is 1.